The zero-order valence-electron chi connectivity index (χ0n) is 12.8. The van der Waals surface area contributed by atoms with Crippen LogP contribution in [0, 0.1) is 5.41 Å². The van der Waals surface area contributed by atoms with Gasteiger partial charge >= 0.3 is 0 Å². The van der Waals surface area contributed by atoms with E-state index in [2.05, 4.69) is 20.6 Å². The van der Waals surface area contributed by atoms with E-state index in [0.717, 1.165) is 0 Å². The first-order valence-electron chi connectivity index (χ1n) is 7.05. The maximum Gasteiger partial charge on any atom is 0.269 e. The van der Waals surface area contributed by atoms with E-state index in [0.29, 0.717) is 6.42 Å². The van der Waals surface area contributed by atoms with E-state index in [9.17, 15) is 14.0 Å². The Bertz CT molecular complexity index is 589. The van der Waals surface area contributed by atoms with Crippen molar-refractivity contribution < 1.29 is 14.0 Å². The normalized spacial score (nSPS) is 24.0. The summed E-state index contributed by atoms with van der Waals surface area (Å²) in [6.45, 7) is 5.55. The number of amides is 2. The monoisotopic (exact) mass is 330 g/mol. The molecule has 1 saturated carbocycles. The van der Waals surface area contributed by atoms with Gasteiger partial charge in [-0.2, -0.15) is 0 Å². The Morgan fingerprint density at radius 3 is 2.73 bits per heavy atom. The maximum atomic E-state index is 13.1. The van der Waals surface area contributed by atoms with Gasteiger partial charge in [0, 0.05) is 18.4 Å². The number of aromatic amines is 1. The number of carbonyl (C=O) groups excluding carboxylic acids is 2. The first-order valence-corrected chi connectivity index (χ1v) is 7.43. The van der Waals surface area contributed by atoms with E-state index in [1.54, 1.807) is 20.8 Å². The molecule has 2 atom stereocenters. The number of hydrogen-bond donors (Lipinski definition) is 3. The van der Waals surface area contributed by atoms with Gasteiger partial charge < -0.3 is 15.6 Å². The Morgan fingerprint density at radius 2 is 2.23 bits per heavy atom. The van der Waals surface area contributed by atoms with Gasteiger partial charge in [-0.1, -0.05) is 6.92 Å². The van der Waals surface area contributed by atoms with E-state index in [-0.39, 0.29) is 35.8 Å². The molecule has 0 radical (unpaired) electrons. The van der Waals surface area contributed by atoms with Crippen LogP contribution in [0.25, 0.3) is 0 Å². The predicted molar refractivity (Wildman–Crippen MR) is 80.4 cm³/mol. The summed E-state index contributed by atoms with van der Waals surface area (Å²) in [4.78, 5) is 30.2. The van der Waals surface area contributed by atoms with Crippen molar-refractivity contribution in [2.45, 2.75) is 45.3 Å². The van der Waals surface area contributed by atoms with Gasteiger partial charge in [-0.3, -0.25) is 9.59 Å². The summed E-state index contributed by atoms with van der Waals surface area (Å²) in [5, 5.41) is 5.63. The van der Waals surface area contributed by atoms with Crippen molar-refractivity contribution in [3.05, 3.63) is 17.2 Å². The summed E-state index contributed by atoms with van der Waals surface area (Å²) in [7, 11) is 0. The molecule has 6 nitrogen and oxygen atoms in total. The molecule has 1 aromatic rings. The highest BCUT2D eigenvalue weighted by Gasteiger charge is 2.52. The number of nitrogens with one attached hydrogen (secondary N) is 3. The van der Waals surface area contributed by atoms with Crippen LogP contribution in [-0.2, 0) is 4.79 Å². The molecule has 1 aromatic heterocycles. The maximum absolute atomic E-state index is 13.1. The number of aromatic nitrogens is 2. The minimum atomic E-state index is -0.893. The molecule has 1 aliphatic carbocycles. The molecule has 1 heterocycles. The van der Waals surface area contributed by atoms with Crippen LogP contribution in [0.15, 0.2) is 6.20 Å². The molecule has 1 aliphatic rings. The molecule has 0 saturated heterocycles. The van der Waals surface area contributed by atoms with Crippen molar-refractivity contribution in [1.82, 2.24) is 20.6 Å². The van der Waals surface area contributed by atoms with E-state index >= 15 is 0 Å². The Kier molecular flexibility index (Phi) is 4.47. The van der Waals surface area contributed by atoms with Crippen LogP contribution in [-0.4, -0.2) is 40.0 Å². The SMILES string of the molecule is CC(C)(CNC(=O)CC1(C)CC1F)NC(=O)c1cnc(Cl)[nH]1. The molecule has 1 fully saturated rings. The Labute approximate surface area is 133 Å². The molecule has 8 heteroatoms. The molecule has 2 rings (SSSR count). The zero-order chi connectivity index (χ0) is 16.5. The molecule has 0 bridgehead atoms. The van der Waals surface area contributed by atoms with Gasteiger partial charge in [0.05, 0.1) is 11.7 Å². The molecule has 2 amide bonds. The quantitative estimate of drug-likeness (QED) is 0.743. The van der Waals surface area contributed by atoms with Crippen molar-refractivity contribution >= 4 is 23.4 Å². The Morgan fingerprint density at radius 1 is 1.59 bits per heavy atom. The van der Waals surface area contributed by atoms with Crippen molar-refractivity contribution in [2.24, 2.45) is 5.41 Å². The van der Waals surface area contributed by atoms with Gasteiger partial charge in [0.2, 0.25) is 11.2 Å². The number of hydrogen-bond acceptors (Lipinski definition) is 3. The number of rotatable bonds is 6. The third kappa shape index (κ3) is 4.19. The smallest absolute Gasteiger partial charge is 0.269 e. The van der Waals surface area contributed by atoms with Gasteiger partial charge in [-0.15, -0.1) is 0 Å². The lowest BCUT2D eigenvalue weighted by Crippen LogP contribution is -2.51. The van der Waals surface area contributed by atoms with E-state index in [1.165, 1.54) is 6.20 Å². The van der Waals surface area contributed by atoms with Crippen molar-refractivity contribution in [3.63, 3.8) is 0 Å². The van der Waals surface area contributed by atoms with Crippen molar-refractivity contribution in [3.8, 4) is 0 Å². The van der Waals surface area contributed by atoms with Crippen LogP contribution in [0.4, 0.5) is 4.39 Å². The summed E-state index contributed by atoms with van der Waals surface area (Å²) in [5.74, 6) is -0.578. The van der Waals surface area contributed by atoms with Gasteiger partial charge in [0.1, 0.15) is 11.9 Å². The molecule has 122 valence electrons. The minimum Gasteiger partial charge on any atom is -0.354 e. The second-order valence-corrected chi connectivity index (χ2v) is 7.06. The Hall–Kier alpha value is -1.63. The van der Waals surface area contributed by atoms with Crippen LogP contribution < -0.4 is 10.6 Å². The second kappa shape index (κ2) is 5.87. The zero-order valence-corrected chi connectivity index (χ0v) is 13.6. The van der Waals surface area contributed by atoms with Crippen molar-refractivity contribution in [2.75, 3.05) is 6.54 Å². The number of nitrogens with zero attached hydrogens (tertiary/aromatic N) is 1. The molecule has 0 aliphatic heterocycles. The van der Waals surface area contributed by atoms with Gasteiger partial charge in [-0.05, 0) is 31.9 Å². The van der Waals surface area contributed by atoms with Gasteiger partial charge in [0.15, 0.2) is 0 Å². The molecule has 2 unspecified atom stereocenters. The number of halogens is 2. The summed E-state index contributed by atoms with van der Waals surface area (Å²) in [5.41, 5.74) is -0.941. The predicted octanol–water partition coefficient (Wildman–Crippen LogP) is 1.83. The second-order valence-electron chi connectivity index (χ2n) is 6.70. The first-order chi connectivity index (χ1) is 10.1. The average molecular weight is 331 g/mol. The highest BCUT2D eigenvalue weighted by Crippen LogP contribution is 2.50. The Balaban J connectivity index is 1.80. The van der Waals surface area contributed by atoms with E-state index < -0.39 is 17.1 Å². The van der Waals surface area contributed by atoms with Gasteiger partial charge in [-0.25, -0.2) is 9.37 Å². The highest BCUT2D eigenvalue weighted by atomic mass is 35.5. The summed E-state index contributed by atoms with van der Waals surface area (Å²) < 4.78 is 13.1. The topological polar surface area (TPSA) is 86.9 Å². The van der Waals surface area contributed by atoms with Crippen molar-refractivity contribution in [1.29, 1.82) is 0 Å². The van der Waals surface area contributed by atoms with Crippen LogP contribution >= 0.6 is 11.6 Å². The van der Waals surface area contributed by atoms with E-state index in [4.69, 9.17) is 11.6 Å². The van der Waals surface area contributed by atoms with E-state index in [1.807, 2.05) is 0 Å². The van der Waals surface area contributed by atoms with Crippen LogP contribution in [0.2, 0.25) is 5.28 Å². The third-order valence-corrected chi connectivity index (χ3v) is 3.97. The van der Waals surface area contributed by atoms with Crippen LogP contribution in [0.5, 0.6) is 0 Å². The third-order valence-electron chi connectivity index (χ3n) is 3.77. The fraction of sp³-hybridized carbons (Fsp3) is 0.643. The molecule has 22 heavy (non-hydrogen) atoms. The summed E-state index contributed by atoms with van der Waals surface area (Å²) >= 11 is 5.62. The van der Waals surface area contributed by atoms with Gasteiger partial charge in [0.25, 0.3) is 5.91 Å². The van der Waals surface area contributed by atoms with Crippen LogP contribution in [0.1, 0.15) is 44.1 Å². The number of alkyl halides is 1. The first kappa shape index (κ1) is 16.7. The number of H-pyrrole nitrogens is 1. The fourth-order valence-corrected chi connectivity index (χ4v) is 2.26. The molecular weight excluding hydrogens is 311 g/mol. The number of imidazole rings is 1. The largest absolute Gasteiger partial charge is 0.354 e. The summed E-state index contributed by atoms with van der Waals surface area (Å²) in [6, 6.07) is 0. The lowest BCUT2D eigenvalue weighted by atomic mass is 10.0. The lowest BCUT2D eigenvalue weighted by Gasteiger charge is -2.26. The molecule has 0 spiro atoms. The highest BCUT2D eigenvalue weighted by molar-refractivity contribution is 6.28. The minimum absolute atomic E-state index is 0.134. The average Bonchev–Trinajstić information content (AvgIpc) is 2.80. The summed E-state index contributed by atoms with van der Waals surface area (Å²) in [6.07, 6.45) is 1.04. The number of carbonyl (C=O) groups is 2. The molecular formula is C14H20ClFN4O2. The standard InChI is InChI=1S/C14H20ClFN4O2/c1-13(2,20-11(22)8-6-17-12(15)19-8)7-18-10(21)5-14(3)4-9(14)16/h6,9H,4-5,7H2,1-3H3,(H,17,19)(H,18,21)(H,20,22). The van der Waals surface area contributed by atoms with Crippen LogP contribution in [0.3, 0.4) is 0 Å². The fourth-order valence-electron chi connectivity index (χ4n) is 2.11. The lowest BCUT2D eigenvalue weighted by molar-refractivity contribution is -0.122. The molecule has 3 N–H and O–H groups in total. The molecule has 0 aromatic carbocycles.